The highest BCUT2D eigenvalue weighted by atomic mass is 31.3. The van der Waals surface area contributed by atoms with Crippen LogP contribution in [0.3, 0.4) is 0 Å². The molecule has 1 saturated heterocycles. The van der Waals surface area contributed by atoms with Gasteiger partial charge in [0.2, 0.25) is 11.7 Å². The summed E-state index contributed by atoms with van der Waals surface area (Å²) in [6.45, 7) is 0.858. The molecule has 0 aromatic carbocycles. The first-order valence-corrected chi connectivity index (χ1v) is 14.4. The van der Waals surface area contributed by atoms with Crippen molar-refractivity contribution in [3.63, 3.8) is 0 Å². The Labute approximate surface area is 202 Å². The predicted octanol–water partition coefficient (Wildman–Crippen LogP) is -1.21. The van der Waals surface area contributed by atoms with Crippen molar-refractivity contribution in [2.45, 2.75) is 31.5 Å². The Kier molecular flexibility index (Phi) is 8.59. The normalized spacial score (nSPS) is 27.5. The van der Waals surface area contributed by atoms with Crippen LogP contribution >= 0.6 is 23.5 Å². The number of hydrogen-bond donors (Lipinski definition) is 6. The van der Waals surface area contributed by atoms with Gasteiger partial charge in [0.05, 0.1) is 13.7 Å². The van der Waals surface area contributed by atoms with Crippen molar-refractivity contribution in [1.82, 2.24) is 14.5 Å². The number of aliphatic hydroxyl groups excluding tert-OH is 1. The minimum atomic E-state index is -5.60. The van der Waals surface area contributed by atoms with Gasteiger partial charge in [-0.15, -0.1) is 0 Å². The first-order chi connectivity index (χ1) is 16.6. The molecule has 0 amide bonds. The van der Waals surface area contributed by atoms with Crippen LogP contribution in [0.25, 0.3) is 11.2 Å². The first kappa shape index (κ1) is 29.0. The predicted molar refractivity (Wildman–Crippen MR) is 116 cm³/mol. The minimum absolute atomic E-state index is 0.0562. The van der Waals surface area contributed by atoms with E-state index in [0.717, 1.165) is 0 Å². The maximum Gasteiger partial charge on any atom is 0.490 e. The van der Waals surface area contributed by atoms with Gasteiger partial charge in [0.1, 0.15) is 18.3 Å². The number of aromatic nitrogens is 4. The molecule has 19 nitrogen and oxygen atoms in total. The van der Waals surface area contributed by atoms with Crippen LogP contribution in [0.5, 0.6) is 0 Å². The van der Waals surface area contributed by atoms with E-state index in [4.69, 9.17) is 20.1 Å². The highest BCUT2D eigenvalue weighted by molar-refractivity contribution is 7.66. The van der Waals surface area contributed by atoms with Gasteiger partial charge in [-0.25, -0.2) is 18.3 Å². The van der Waals surface area contributed by atoms with Gasteiger partial charge in [-0.3, -0.25) is 23.4 Å². The van der Waals surface area contributed by atoms with Crippen molar-refractivity contribution < 1.29 is 65.2 Å². The highest BCUT2D eigenvalue weighted by Crippen LogP contribution is 2.67. The lowest BCUT2D eigenvalue weighted by Gasteiger charge is -2.21. The molecule has 0 saturated carbocycles. The average Bonchev–Trinajstić information content (AvgIpc) is 3.22. The van der Waals surface area contributed by atoms with Crippen LogP contribution in [0.1, 0.15) is 13.2 Å². The second-order valence-electron chi connectivity index (χ2n) is 7.28. The van der Waals surface area contributed by atoms with Crippen molar-refractivity contribution in [2.75, 3.05) is 26.1 Å². The van der Waals surface area contributed by atoms with E-state index in [9.17, 15) is 33.4 Å². The number of nitrogens with one attached hydrogen (secondary N) is 1. The second kappa shape index (κ2) is 10.7. The Morgan fingerprint density at radius 3 is 2.47 bits per heavy atom. The molecule has 0 aliphatic carbocycles. The summed E-state index contributed by atoms with van der Waals surface area (Å²) >= 11 is 0. The molecule has 3 heterocycles. The van der Waals surface area contributed by atoms with Gasteiger partial charge in [-0.2, -0.15) is 8.62 Å². The zero-order valence-electron chi connectivity index (χ0n) is 18.9. The van der Waals surface area contributed by atoms with E-state index in [-0.39, 0.29) is 23.7 Å². The van der Waals surface area contributed by atoms with E-state index >= 15 is 0 Å². The molecular weight excluding hydrogens is 555 g/mol. The molecule has 1 aliphatic heterocycles. The summed E-state index contributed by atoms with van der Waals surface area (Å²) in [7, 11) is -13.8. The zero-order chi connectivity index (χ0) is 27.1. The van der Waals surface area contributed by atoms with E-state index < -0.39 is 60.2 Å². The van der Waals surface area contributed by atoms with E-state index in [1.807, 2.05) is 0 Å². The van der Waals surface area contributed by atoms with Gasteiger partial charge in [-0.1, -0.05) is 4.98 Å². The molecule has 0 spiro atoms. The first-order valence-electron chi connectivity index (χ1n) is 9.92. The Bertz CT molecular complexity index is 1310. The number of aliphatic hydroxyl groups is 1. The molecule has 7 N–H and O–H groups in total. The smallest absolute Gasteiger partial charge is 0.384 e. The number of phosphoric acid groups is 3. The van der Waals surface area contributed by atoms with Crippen LogP contribution in [0.2, 0.25) is 0 Å². The highest BCUT2D eigenvalue weighted by Gasteiger charge is 2.50. The molecule has 0 bridgehead atoms. The monoisotopic (exact) mass is 580 g/mol. The lowest BCUT2D eigenvalue weighted by atomic mass is 10.1. The van der Waals surface area contributed by atoms with Crippen molar-refractivity contribution >= 4 is 40.6 Å². The molecule has 22 heteroatoms. The lowest BCUT2D eigenvalue weighted by molar-refractivity contribution is -0.745. The van der Waals surface area contributed by atoms with Crippen LogP contribution < -0.4 is 15.9 Å². The van der Waals surface area contributed by atoms with Crippen molar-refractivity contribution in [3.05, 3.63) is 16.7 Å². The summed E-state index contributed by atoms with van der Waals surface area (Å²) in [6, 6.07) is 0. The summed E-state index contributed by atoms with van der Waals surface area (Å²) in [4.78, 5) is 47.1. The number of aryl methyl sites for hydroxylation is 1. The minimum Gasteiger partial charge on any atom is -0.384 e. The molecule has 36 heavy (non-hydrogen) atoms. The molecular formula is C14H25N5O14P3+. The fraction of sp³-hybridized carbons (Fsp3) is 0.643. The van der Waals surface area contributed by atoms with Crippen molar-refractivity contribution in [1.29, 1.82) is 0 Å². The van der Waals surface area contributed by atoms with E-state index in [2.05, 4.69) is 27.6 Å². The zero-order valence-corrected chi connectivity index (χ0v) is 21.6. The van der Waals surface area contributed by atoms with Crippen LogP contribution in [-0.2, 0) is 47.9 Å². The van der Waals surface area contributed by atoms with Crippen LogP contribution in [-0.4, -0.2) is 73.0 Å². The fourth-order valence-electron chi connectivity index (χ4n) is 3.44. The number of nitrogen functional groups attached to an aromatic ring is 1. The van der Waals surface area contributed by atoms with E-state index in [0.29, 0.717) is 7.11 Å². The van der Waals surface area contributed by atoms with E-state index in [1.54, 1.807) is 6.92 Å². The molecule has 0 radical (unpaired) electrons. The number of imidazole rings is 1. The van der Waals surface area contributed by atoms with E-state index in [1.165, 1.54) is 22.5 Å². The van der Waals surface area contributed by atoms with Gasteiger partial charge < -0.3 is 35.0 Å². The third-order valence-corrected chi connectivity index (χ3v) is 9.02. The van der Waals surface area contributed by atoms with Gasteiger partial charge in [0, 0.05) is 13.7 Å². The Morgan fingerprint density at radius 1 is 1.22 bits per heavy atom. The Morgan fingerprint density at radius 2 is 1.86 bits per heavy atom. The largest absolute Gasteiger partial charge is 0.490 e. The average molecular weight is 580 g/mol. The topological polar surface area (TPSA) is 268 Å². The third kappa shape index (κ3) is 6.46. The van der Waals surface area contributed by atoms with Gasteiger partial charge in [0.25, 0.3) is 11.5 Å². The summed E-state index contributed by atoms with van der Waals surface area (Å²) < 4.78 is 65.6. The Hall–Kier alpha value is -1.56. The Balaban J connectivity index is 1.81. The molecule has 1 fully saturated rings. The maximum absolute atomic E-state index is 12.3. The number of phosphoric ester groups is 2. The molecule has 7 atom stereocenters. The number of fused-ring (bicyclic) bond motifs is 1. The number of ether oxygens (including phenoxy) is 2. The third-order valence-electron chi connectivity index (χ3n) is 4.78. The molecule has 2 aromatic heterocycles. The standard InChI is InChI=1S/C14H24N5O14P3/c1-4-29-10-7(5-30-35(24,25)33-36(26,27)32-34(22,23)28-3)31-13(9(10)20)19-6-18(2)8-11(19)16-14(15)17-12(8)21/h6-7,9-10,13,20H,4-5H2,1-3H3,(H5-,15,16,17,21,22,23,24,25,26,27)/p+1/t7-,9?,10?,13-/m0/s1. The van der Waals surface area contributed by atoms with Crippen molar-refractivity contribution in [3.8, 4) is 0 Å². The molecule has 1 aliphatic rings. The summed E-state index contributed by atoms with van der Waals surface area (Å²) in [5.74, 6) is -0.198. The number of nitrogens with zero attached hydrogens (tertiary/aromatic N) is 3. The van der Waals surface area contributed by atoms with Crippen LogP contribution in [0, 0.1) is 0 Å². The molecule has 5 unspecified atom stereocenters. The maximum atomic E-state index is 12.3. The van der Waals surface area contributed by atoms with Gasteiger partial charge >= 0.3 is 29.1 Å². The number of anilines is 1. The van der Waals surface area contributed by atoms with Gasteiger partial charge in [0.15, 0.2) is 6.33 Å². The lowest BCUT2D eigenvalue weighted by Crippen LogP contribution is -2.46. The van der Waals surface area contributed by atoms with Crippen LogP contribution in [0.15, 0.2) is 11.1 Å². The number of rotatable bonds is 11. The molecule has 204 valence electrons. The fourth-order valence-corrected chi connectivity index (χ4v) is 6.70. The number of hydrogen-bond acceptors (Lipinski definition) is 13. The summed E-state index contributed by atoms with van der Waals surface area (Å²) in [6.07, 6.45) is -3.65. The molecule has 3 rings (SSSR count). The number of aromatic amines is 1. The number of nitrogens with two attached hydrogens (primary N) is 1. The molecule has 2 aromatic rings. The second-order valence-corrected chi connectivity index (χ2v) is 12.0. The van der Waals surface area contributed by atoms with Crippen molar-refractivity contribution in [2.24, 2.45) is 7.05 Å². The quantitative estimate of drug-likeness (QED) is 0.134. The number of H-pyrrole nitrogens is 1. The summed E-state index contributed by atoms with van der Waals surface area (Å²) in [5, 5.41) is 10.9. The summed E-state index contributed by atoms with van der Waals surface area (Å²) in [5.41, 5.74) is 5.24. The SMILES string of the molecule is CCOC1C(O)[C@@H]([n+]2cn(C)c3c(=O)[nH]c(N)nc32)O[C@H]1COP(=O)(O)OP(=O)(O)OP(=O)(O)OC. The van der Waals surface area contributed by atoms with Crippen LogP contribution in [0.4, 0.5) is 5.95 Å². The van der Waals surface area contributed by atoms with Gasteiger partial charge in [-0.05, 0) is 6.92 Å².